The number of rotatable bonds is 3. The number of hydrogen-bond acceptors (Lipinski definition) is 1. The minimum atomic E-state index is 0.738. The average molecular weight is 266 g/mol. The first-order valence-corrected chi connectivity index (χ1v) is 6.16. The third-order valence-corrected chi connectivity index (χ3v) is 3.28. The van der Waals surface area contributed by atoms with Gasteiger partial charge in [-0.1, -0.05) is 41.4 Å². The summed E-state index contributed by atoms with van der Waals surface area (Å²) in [5.41, 5.74) is 3.27. The quantitative estimate of drug-likeness (QED) is 0.831. The van der Waals surface area contributed by atoms with Crippen LogP contribution >= 0.6 is 23.2 Å². The molecule has 17 heavy (non-hydrogen) atoms. The zero-order chi connectivity index (χ0) is 12.3. The molecule has 2 aromatic rings. The molecule has 0 saturated heterocycles. The van der Waals surface area contributed by atoms with Crippen molar-refractivity contribution < 1.29 is 0 Å². The lowest BCUT2D eigenvalue weighted by Gasteiger charge is -2.10. The molecule has 0 radical (unpaired) electrons. The van der Waals surface area contributed by atoms with Crippen molar-refractivity contribution in [2.24, 2.45) is 0 Å². The molecular weight excluding hydrogens is 253 g/mol. The second-order valence-electron chi connectivity index (χ2n) is 3.90. The van der Waals surface area contributed by atoms with Gasteiger partial charge in [0.15, 0.2) is 0 Å². The molecule has 88 valence electrons. The number of halogens is 2. The first-order valence-electron chi connectivity index (χ1n) is 5.40. The molecule has 0 aliphatic heterocycles. The van der Waals surface area contributed by atoms with E-state index in [4.69, 9.17) is 23.2 Å². The second-order valence-corrected chi connectivity index (χ2v) is 4.74. The van der Waals surface area contributed by atoms with Gasteiger partial charge < -0.3 is 5.32 Å². The number of anilines is 1. The SMILES string of the molecule is Cc1c(Cl)cccc1NCc1cccc(Cl)c1. The van der Waals surface area contributed by atoms with Gasteiger partial charge in [-0.3, -0.25) is 0 Å². The van der Waals surface area contributed by atoms with Gasteiger partial charge in [0.05, 0.1) is 0 Å². The fourth-order valence-electron chi connectivity index (χ4n) is 1.64. The van der Waals surface area contributed by atoms with Crippen molar-refractivity contribution in [3.63, 3.8) is 0 Å². The molecule has 0 fully saturated rings. The Hall–Kier alpha value is -1.18. The molecule has 2 rings (SSSR count). The van der Waals surface area contributed by atoms with Crippen LogP contribution in [0, 0.1) is 6.92 Å². The maximum absolute atomic E-state index is 6.06. The maximum atomic E-state index is 6.06. The molecule has 0 amide bonds. The molecule has 0 bridgehead atoms. The van der Waals surface area contributed by atoms with E-state index in [-0.39, 0.29) is 0 Å². The normalized spacial score (nSPS) is 10.3. The Morgan fingerprint density at radius 2 is 1.82 bits per heavy atom. The van der Waals surface area contributed by atoms with Crippen LogP contribution in [0.5, 0.6) is 0 Å². The summed E-state index contributed by atoms with van der Waals surface area (Å²) in [6.45, 7) is 2.74. The van der Waals surface area contributed by atoms with Gasteiger partial charge in [-0.05, 0) is 42.3 Å². The van der Waals surface area contributed by atoms with Crippen LogP contribution in [0.25, 0.3) is 0 Å². The van der Waals surface area contributed by atoms with Crippen molar-refractivity contribution in [1.82, 2.24) is 0 Å². The molecular formula is C14H13Cl2N. The molecule has 2 aromatic carbocycles. The Kier molecular flexibility index (Phi) is 3.93. The molecule has 0 aliphatic carbocycles. The zero-order valence-electron chi connectivity index (χ0n) is 9.50. The van der Waals surface area contributed by atoms with E-state index in [0.29, 0.717) is 0 Å². The van der Waals surface area contributed by atoms with Gasteiger partial charge >= 0.3 is 0 Å². The Balaban J connectivity index is 2.10. The topological polar surface area (TPSA) is 12.0 Å². The van der Waals surface area contributed by atoms with E-state index < -0.39 is 0 Å². The van der Waals surface area contributed by atoms with E-state index in [1.807, 2.05) is 49.4 Å². The number of nitrogens with one attached hydrogen (secondary N) is 1. The lowest BCUT2D eigenvalue weighted by Crippen LogP contribution is -2.01. The van der Waals surface area contributed by atoms with E-state index in [1.165, 1.54) is 0 Å². The highest BCUT2D eigenvalue weighted by atomic mass is 35.5. The summed E-state index contributed by atoms with van der Waals surface area (Å²) >= 11 is 12.0. The Labute approximate surface area is 111 Å². The zero-order valence-corrected chi connectivity index (χ0v) is 11.0. The van der Waals surface area contributed by atoms with Crippen LogP contribution in [0.3, 0.4) is 0 Å². The molecule has 0 saturated carbocycles. The summed E-state index contributed by atoms with van der Waals surface area (Å²) in [5, 5.41) is 4.89. The summed E-state index contributed by atoms with van der Waals surface area (Å²) in [7, 11) is 0. The standard InChI is InChI=1S/C14H13Cl2N/c1-10-13(16)6-3-7-14(10)17-9-11-4-2-5-12(15)8-11/h2-8,17H,9H2,1H3. The van der Waals surface area contributed by atoms with Crippen LogP contribution in [0.2, 0.25) is 10.0 Å². The number of hydrogen-bond donors (Lipinski definition) is 1. The van der Waals surface area contributed by atoms with Gasteiger partial charge in [0.25, 0.3) is 0 Å². The molecule has 0 aromatic heterocycles. The molecule has 3 heteroatoms. The van der Waals surface area contributed by atoms with Crippen molar-refractivity contribution in [2.75, 3.05) is 5.32 Å². The van der Waals surface area contributed by atoms with Gasteiger partial charge in [0.1, 0.15) is 0 Å². The minimum absolute atomic E-state index is 0.738. The highest BCUT2D eigenvalue weighted by molar-refractivity contribution is 6.31. The number of benzene rings is 2. The van der Waals surface area contributed by atoms with Crippen molar-refractivity contribution in [1.29, 1.82) is 0 Å². The van der Waals surface area contributed by atoms with Crippen LogP contribution in [-0.4, -0.2) is 0 Å². The molecule has 1 nitrogen and oxygen atoms in total. The lowest BCUT2D eigenvalue weighted by atomic mass is 10.2. The average Bonchev–Trinajstić information content (AvgIpc) is 2.31. The minimum Gasteiger partial charge on any atom is -0.381 e. The molecule has 0 heterocycles. The van der Waals surface area contributed by atoms with E-state index in [2.05, 4.69) is 5.32 Å². The van der Waals surface area contributed by atoms with Crippen LogP contribution in [0.15, 0.2) is 42.5 Å². The monoisotopic (exact) mass is 265 g/mol. The van der Waals surface area contributed by atoms with E-state index in [9.17, 15) is 0 Å². The molecule has 0 aliphatic rings. The van der Waals surface area contributed by atoms with E-state index >= 15 is 0 Å². The van der Waals surface area contributed by atoms with E-state index in [0.717, 1.165) is 33.4 Å². The summed E-state index contributed by atoms with van der Waals surface area (Å²) in [6.07, 6.45) is 0. The molecule has 1 N–H and O–H groups in total. The second kappa shape index (κ2) is 5.44. The third-order valence-electron chi connectivity index (χ3n) is 2.64. The van der Waals surface area contributed by atoms with Crippen molar-refractivity contribution >= 4 is 28.9 Å². The van der Waals surface area contributed by atoms with Crippen LogP contribution in [0.1, 0.15) is 11.1 Å². The Bertz CT molecular complexity index is 523. The first kappa shape index (κ1) is 12.3. The Morgan fingerprint density at radius 1 is 1.06 bits per heavy atom. The summed E-state index contributed by atoms with van der Waals surface area (Å²) in [5.74, 6) is 0. The van der Waals surface area contributed by atoms with Gasteiger partial charge in [-0.25, -0.2) is 0 Å². The van der Waals surface area contributed by atoms with Crippen molar-refractivity contribution in [2.45, 2.75) is 13.5 Å². The molecule has 0 spiro atoms. The van der Waals surface area contributed by atoms with Gasteiger partial charge in [0, 0.05) is 22.3 Å². The lowest BCUT2D eigenvalue weighted by molar-refractivity contribution is 1.14. The van der Waals surface area contributed by atoms with E-state index in [1.54, 1.807) is 0 Å². The fourth-order valence-corrected chi connectivity index (χ4v) is 2.03. The van der Waals surface area contributed by atoms with Crippen LogP contribution < -0.4 is 5.32 Å². The fraction of sp³-hybridized carbons (Fsp3) is 0.143. The smallest absolute Gasteiger partial charge is 0.0455 e. The largest absolute Gasteiger partial charge is 0.381 e. The predicted octanol–water partition coefficient (Wildman–Crippen LogP) is 4.91. The molecule has 0 unspecified atom stereocenters. The van der Waals surface area contributed by atoms with Gasteiger partial charge in [0.2, 0.25) is 0 Å². The van der Waals surface area contributed by atoms with Gasteiger partial charge in [-0.15, -0.1) is 0 Å². The van der Waals surface area contributed by atoms with Crippen LogP contribution in [-0.2, 0) is 6.54 Å². The van der Waals surface area contributed by atoms with Crippen molar-refractivity contribution in [3.8, 4) is 0 Å². The summed E-state index contributed by atoms with van der Waals surface area (Å²) in [4.78, 5) is 0. The van der Waals surface area contributed by atoms with Crippen LogP contribution in [0.4, 0.5) is 5.69 Å². The highest BCUT2D eigenvalue weighted by Gasteiger charge is 2.01. The maximum Gasteiger partial charge on any atom is 0.0455 e. The summed E-state index contributed by atoms with van der Waals surface area (Å²) < 4.78 is 0. The Morgan fingerprint density at radius 3 is 2.59 bits per heavy atom. The third kappa shape index (κ3) is 3.15. The molecule has 0 atom stereocenters. The van der Waals surface area contributed by atoms with Crippen molar-refractivity contribution in [3.05, 3.63) is 63.6 Å². The predicted molar refractivity (Wildman–Crippen MR) is 75.0 cm³/mol. The first-order chi connectivity index (χ1) is 8.16. The summed E-state index contributed by atoms with van der Waals surface area (Å²) in [6, 6.07) is 13.7. The van der Waals surface area contributed by atoms with Gasteiger partial charge in [-0.2, -0.15) is 0 Å². The highest BCUT2D eigenvalue weighted by Crippen LogP contribution is 2.23.